The highest BCUT2D eigenvalue weighted by Gasteiger charge is 2.27. The highest BCUT2D eigenvalue weighted by Crippen LogP contribution is 2.36. The van der Waals surface area contributed by atoms with E-state index in [0.717, 1.165) is 5.56 Å². The summed E-state index contributed by atoms with van der Waals surface area (Å²) in [5, 5.41) is 0.543. The van der Waals surface area contributed by atoms with E-state index in [0.29, 0.717) is 22.5 Å². The lowest BCUT2D eigenvalue weighted by Crippen LogP contribution is -2.18. The average molecular weight is 240 g/mol. The van der Waals surface area contributed by atoms with Crippen molar-refractivity contribution in [3.8, 4) is 5.75 Å². The predicted molar refractivity (Wildman–Crippen MR) is 65.1 cm³/mol. The third kappa shape index (κ3) is 1.17. The van der Waals surface area contributed by atoms with Crippen LogP contribution in [0.25, 0.3) is 17.0 Å². The van der Waals surface area contributed by atoms with Gasteiger partial charge in [0, 0.05) is 6.07 Å². The second-order valence-corrected chi connectivity index (χ2v) is 4.17. The van der Waals surface area contributed by atoms with Gasteiger partial charge in [0.05, 0.1) is 23.5 Å². The first-order valence-electron chi connectivity index (χ1n) is 5.59. The molecule has 4 heteroatoms. The van der Waals surface area contributed by atoms with Crippen LogP contribution in [0, 0.1) is 0 Å². The van der Waals surface area contributed by atoms with E-state index in [4.69, 9.17) is 13.9 Å². The molecule has 1 unspecified atom stereocenters. The molecule has 0 amide bonds. The minimum atomic E-state index is -0.176. The number of hydrogen-bond acceptors (Lipinski definition) is 4. The molecule has 0 N–H and O–H groups in total. The summed E-state index contributed by atoms with van der Waals surface area (Å²) in [6.45, 7) is 0. The Morgan fingerprint density at radius 1 is 1.17 bits per heavy atom. The van der Waals surface area contributed by atoms with Gasteiger partial charge in [0.15, 0.2) is 11.5 Å². The summed E-state index contributed by atoms with van der Waals surface area (Å²) < 4.78 is 16.5. The molecule has 2 aliphatic rings. The first-order valence-corrected chi connectivity index (χ1v) is 5.59. The van der Waals surface area contributed by atoms with Crippen LogP contribution >= 0.6 is 0 Å². The molecule has 0 aliphatic carbocycles. The lowest BCUT2D eigenvalue weighted by Gasteiger charge is -2.20. The largest absolute Gasteiger partial charge is 0.477 e. The summed E-state index contributed by atoms with van der Waals surface area (Å²) in [5.41, 5.74) is 1.21. The SMILES string of the molecule is O=c1ccoc2c3c(ccc12)OC1C=COC1=C3. The molecule has 3 heterocycles. The van der Waals surface area contributed by atoms with E-state index in [1.165, 1.54) is 12.3 Å². The van der Waals surface area contributed by atoms with Crippen LogP contribution in [-0.2, 0) is 4.74 Å². The molecule has 1 aromatic carbocycles. The van der Waals surface area contributed by atoms with Crippen LogP contribution < -0.4 is 10.2 Å². The Labute approximate surface area is 102 Å². The molecule has 2 aliphatic heterocycles. The molecule has 88 valence electrons. The van der Waals surface area contributed by atoms with Crippen molar-refractivity contribution in [2.45, 2.75) is 6.10 Å². The maximum atomic E-state index is 11.7. The Hall–Kier alpha value is -2.49. The van der Waals surface area contributed by atoms with Crippen molar-refractivity contribution in [1.82, 2.24) is 0 Å². The highest BCUT2D eigenvalue weighted by molar-refractivity contribution is 5.89. The fourth-order valence-corrected chi connectivity index (χ4v) is 2.24. The summed E-state index contributed by atoms with van der Waals surface area (Å²) in [4.78, 5) is 11.7. The Morgan fingerprint density at radius 3 is 3.06 bits per heavy atom. The van der Waals surface area contributed by atoms with Gasteiger partial charge >= 0.3 is 0 Å². The first kappa shape index (κ1) is 9.53. The second kappa shape index (κ2) is 3.26. The van der Waals surface area contributed by atoms with E-state index in [1.54, 1.807) is 18.4 Å². The molecule has 0 bridgehead atoms. The summed E-state index contributed by atoms with van der Waals surface area (Å²) in [6.07, 6.45) is 6.50. The van der Waals surface area contributed by atoms with Crippen molar-refractivity contribution in [1.29, 1.82) is 0 Å². The van der Waals surface area contributed by atoms with Crippen LogP contribution in [0.5, 0.6) is 5.75 Å². The van der Waals surface area contributed by atoms with Crippen molar-refractivity contribution in [3.05, 3.63) is 58.3 Å². The van der Waals surface area contributed by atoms with E-state index >= 15 is 0 Å². The topological polar surface area (TPSA) is 48.7 Å². The smallest absolute Gasteiger partial charge is 0.192 e. The van der Waals surface area contributed by atoms with E-state index in [1.807, 2.05) is 12.2 Å². The lowest BCUT2D eigenvalue weighted by molar-refractivity contribution is 0.225. The van der Waals surface area contributed by atoms with Crippen LogP contribution in [0.1, 0.15) is 5.56 Å². The molecule has 4 rings (SSSR count). The summed E-state index contributed by atoms with van der Waals surface area (Å²) in [5.74, 6) is 1.40. The fourth-order valence-electron chi connectivity index (χ4n) is 2.24. The van der Waals surface area contributed by atoms with Crippen LogP contribution in [0.15, 0.2) is 51.8 Å². The van der Waals surface area contributed by atoms with Gasteiger partial charge in [-0.25, -0.2) is 0 Å². The van der Waals surface area contributed by atoms with Crippen molar-refractivity contribution in [2.24, 2.45) is 0 Å². The number of benzene rings is 1. The molecule has 18 heavy (non-hydrogen) atoms. The maximum Gasteiger partial charge on any atom is 0.192 e. The molecular weight excluding hydrogens is 232 g/mol. The molecule has 0 saturated heterocycles. The molecular formula is C14H8O4. The first-order chi connectivity index (χ1) is 8.83. The molecule has 0 radical (unpaired) electrons. The van der Waals surface area contributed by atoms with Crippen molar-refractivity contribution < 1.29 is 13.9 Å². The van der Waals surface area contributed by atoms with Gasteiger partial charge in [-0.05, 0) is 24.3 Å². The minimum Gasteiger partial charge on any atom is -0.477 e. The Morgan fingerprint density at radius 2 is 2.11 bits per heavy atom. The zero-order valence-corrected chi connectivity index (χ0v) is 9.25. The van der Waals surface area contributed by atoms with Crippen LogP contribution in [-0.4, -0.2) is 6.10 Å². The van der Waals surface area contributed by atoms with E-state index in [9.17, 15) is 4.79 Å². The van der Waals surface area contributed by atoms with Gasteiger partial charge in [-0.3, -0.25) is 4.79 Å². The molecule has 0 spiro atoms. The van der Waals surface area contributed by atoms with Gasteiger partial charge in [0.1, 0.15) is 17.1 Å². The number of hydrogen-bond donors (Lipinski definition) is 0. The Balaban J connectivity index is 2.06. The van der Waals surface area contributed by atoms with Gasteiger partial charge in [0.2, 0.25) is 0 Å². The standard InChI is InChI=1S/C14H8O4/c15-10-3-5-17-14-8(10)1-2-11-9(14)7-13-12(18-11)4-6-16-13/h1-7,12H. The average Bonchev–Trinajstić information content (AvgIpc) is 2.83. The maximum absolute atomic E-state index is 11.7. The third-order valence-electron chi connectivity index (χ3n) is 3.11. The van der Waals surface area contributed by atoms with Gasteiger partial charge < -0.3 is 13.9 Å². The number of rotatable bonds is 0. The van der Waals surface area contributed by atoms with Gasteiger partial charge in [-0.2, -0.15) is 0 Å². The highest BCUT2D eigenvalue weighted by atomic mass is 16.5. The molecule has 4 nitrogen and oxygen atoms in total. The molecule has 1 atom stereocenters. The van der Waals surface area contributed by atoms with Crippen LogP contribution in [0.2, 0.25) is 0 Å². The molecule has 0 saturated carbocycles. The van der Waals surface area contributed by atoms with E-state index in [-0.39, 0.29) is 11.5 Å². The van der Waals surface area contributed by atoms with Crippen molar-refractivity contribution in [2.75, 3.05) is 0 Å². The molecule has 2 aromatic rings. The second-order valence-electron chi connectivity index (χ2n) is 4.17. The lowest BCUT2D eigenvalue weighted by atomic mass is 10.1. The fraction of sp³-hybridized carbons (Fsp3) is 0.0714. The van der Waals surface area contributed by atoms with Crippen molar-refractivity contribution in [3.63, 3.8) is 0 Å². The summed E-state index contributed by atoms with van der Waals surface area (Å²) >= 11 is 0. The van der Waals surface area contributed by atoms with E-state index < -0.39 is 0 Å². The zero-order valence-electron chi connectivity index (χ0n) is 9.25. The van der Waals surface area contributed by atoms with Gasteiger partial charge in [-0.1, -0.05) is 0 Å². The van der Waals surface area contributed by atoms with Crippen LogP contribution in [0.4, 0.5) is 0 Å². The summed E-state index contributed by atoms with van der Waals surface area (Å²) in [7, 11) is 0. The van der Waals surface area contributed by atoms with Crippen molar-refractivity contribution >= 4 is 17.0 Å². The van der Waals surface area contributed by atoms with Crippen LogP contribution in [0.3, 0.4) is 0 Å². The number of fused-ring (bicyclic) bond motifs is 4. The Bertz CT molecular complexity index is 767. The van der Waals surface area contributed by atoms with E-state index in [2.05, 4.69) is 0 Å². The zero-order chi connectivity index (χ0) is 12.1. The molecule has 1 aromatic heterocycles. The Kier molecular flexibility index (Phi) is 1.73. The van der Waals surface area contributed by atoms with Gasteiger partial charge in [0.25, 0.3) is 0 Å². The predicted octanol–water partition coefficient (Wildman–Crippen LogP) is 2.44. The van der Waals surface area contributed by atoms with Gasteiger partial charge in [-0.15, -0.1) is 0 Å². The third-order valence-corrected chi connectivity index (χ3v) is 3.11. The normalized spacial score (nSPS) is 19.8. The monoisotopic (exact) mass is 240 g/mol. The molecule has 0 fully saturated rings. The number of ether oxygens (including phenoxy) is 2. The minimum absolute atomic E-state index is 0.0648. The summed E-state index contributed by atoms with van der Waals surface area (Å²) in [6, 6.07) is 4.91. The quantitative estimate of drug-likeness (QED) is 0.709.